The van der Waals surface area contributed by atoms with E-state index in [1.165, 1.54) is 13.8 Å². The summed E-state index contributed by atoms with van der Waals surface area (Å²) in [5.74, 6) is -0.816. The quantitative estimate of drug-likeness (QED) is 0.267. The van der Waals surface area contributed by atoms with Crippen LogP contribution in [0.25, 0.3) is 0 Å². The van der Waals surface area contributed by atoms with Crippen LogP contribution in [0.5, 0.6) is 0 Å². The number of carbonyl (C=O) groups excluding carboxylic acids is 3. The molecule has 0 spiro atoms. The Morgan fingerprint density at radius 1 is 1.50 bits per heavy atom. The molecule has 0 aromatic heterocycles. The maximum absolute atomic E-state index is 10.6. The monoisotopic (exact) mass is 203 g/mol. The predicted octanol–water partition coefficient (Wildman–Crippen LogP) is -0.841. The fourth-order valence-corrected chi connectivity index (χ4v) is 0.270. The summed E-state index contributed by atoms with van der Waals surface area (Å²) in [6.07, 6.45) is -0.130. The Hall–Kier alpha value is -1.92. The minimum atomic E-state index is -1.46. The van der Waals surface area contributed by atoms with Gasteiger partial charge in [0.2, 0.25) is 0 Å². The first-order chi connectivity index (χ1) is 6.40. The van der Waals surface area contributed by atoms with Crippen LogP contribution in [0.1, 0.15) is 13.8 Å². The highest BCUT2D eigenvalue weighted by Crippen LogP contribution is 2.07. The van der Waals surface area contributed by atoms with Crippen LogP contribution in [0.3, 0.4) is 0 Å². The molecule has 0 aliphatic heterocycles. The van der Waals surface area contributed by atoms with E-state index < -0.39 is 17.6 Å². The fourth-order valence-electron chi connectivity index (χ4n) is 0.270. The molecular weight excluding hydrogens is 194 g/mol. The van der Waals surface area contributed by atoms with E-state index in [2.05, 4.69) is 14.9 Å². The van der Waals surface area contributed by atoms with Gasteiger partial charge in [-0.1, -0.05) is 5.10 Å². The number of isocyanates is 1. The van der Waals surface area contributed by atoms with E-state index in [1.54, 1.807) is 5.43 Å². The van der Waals surface area contributed by atoms with Gasteiger partial charge in [0.15, 0.2) is 5.60 Å². The van der Waals surface area contributed by atoms with Crippen LogP contribution in [0, 0.1) is 0 Å². The minimum absolute atomic E-state index is 0.816. The maximum Gasteiger partial charge on any atom is 0.459 e. The van der Waals surface area contributed by atoms with Crippen molar-refractivity contribution >= 4 is 18.1 Å². The van der Waals surface area contributed by atoms with E-state index in [-0.39, 0.29) is 0 Å². The lowest BCUT2D eigenvalue weighted by molar-refractivity contribution is -0.294. The molecule has 14 heavy (non-hydrogen) atoms. The molecule has 0 aliphatic rings. The van der Waals surface area contributed by atoms with Crippen LogP contribution in [-0.2, 0) is 19.4 Å². The van der Waals surface area contributed by atoms with Gasteiger partial charge >= 0.3 is 6.09 Å². The van der Waals surface area contributed by atoms with Gasteiger partial charge in [-0.05, 0) is 13.8 Å². The topological polar surface area (TPSA) is 120 Å². The van der Waals surface area contributed by atoms with Crippen LogP contribution in [0.4, 0.5) is 4.79 Å². The highest BCUT2D eigenvalue weighted by atomic mass is 17.2. The van der Waals surface area contributed by atoms with Crippen molar-refractivity contribution in [1.29, 1.82) is 0 Å². The minimum Gasteiger partial charge on any atom is -0.367 e. The number of hydrazone groups is 1. The lowest BCUT2D eigenvalue weighted by atomic mass is 10.1. The molecule has 8 heteroatoms. The standard InChI is InChI=1S/C6H9N3O5/c1-6(2,4(7)11)14-13-5(12)9-8-3-10/h1-2H3,(H2,7,11)(H,9,12). The molecule has 0 atom stereocenters. The molecule has 2 amide bonds. The summed E-state index contributed by atoms with van der Waals surface area (Å²) in [6.45, 7) is 2.59. The summed E-state index contributed by atoms with van der Waals surface area (Å²) < 4.78 is 0. The van der Waals surface area contributed by atoms with Gasteiger partial charge in [-0.2, -0.15) is 10.3 Å². The van der Waals surface area contributed by atoms with Gasteiger partial charge in [0.25, 0.3) is 12.0 Å². The van der Waals surface area contributed by atoms with Crippen molar-refractivity contribution in [3.63, 3.8) is 0 Å². The molecule has 78 valence electrons. The molecule has 0 saturated carbocycles. The smallest absolute Gasteiger partial charge is 0.367 e. The number of rotatable bonds is 4. The first-order valence-electron chi connectivity index (χ1n) is 3.42. The van der Waals surface area contributed by atoms with Crippen LogP contribution in [0.15, 0.2) is 5.10 Å². The van der Waals surface area contributed by atoms with Crippen molar-refractivity contribution in [3.8, 4) is 0 Å². The molecule has 0 aromatic rings. The lowest BCUT2D eigenvalue weighted by Gasteiger charge is -2.17. The average molecular weight is 203 g/mol. The molecule has 3 N–H and O–H groups in total. The van der Waals surface area contributed by atoms with Crippen molar-refractivity contribution in [3.05, 3.63) is 0 Å². The van der Waals surface area contributed by atoms with Gasteiger partial charge < -0.3 is 5.73 Å². The first kappa shape index (κ1) is 12.1. The highest BCUT2D eigenvalue weighted by Gasteiger charge is 2.29. The third-order valence-corrected chi connectivity index (χ3v) is 1.11. The summed E-state index contributed by atoms with van der Waals surface area (Å²) in [7, 11) is 0. The number of hydrogen-bond acceptors (Lipinski definition) is 6. The first-order valence-corrected chi connectivity index (χ1v) is 3.42. The molecule has 0 unspecified atom stereocenters. The van der Waals surface area contributed by atoms with Crippen molar-refractivity contribution < 1.29 is 24.2 Å². The summed E-state index contributed by atoms with van der Waals surface area (Å²) in [4.78, 5) is 39.2. The highest BCUT2D eigenvalue weighted by molar-refractivity contribution is 5.82. The Kier molecular flexibility index (Phi) is 4.27. The SMILES string of the molecule is CC(C)(OOC(=O)NN=C=O)C(N)=O. The zero-order chi connectivity index (χ0) is 11.2. The van der Waals surface area contributed by atoms with Gasteiger partial charge in [-0.3, -0.25) is 9.68 Å². The number of primary amides is 1. The van der Waals surface area contributed by atoms with Crippen LogP contribution < -0.4 is 11.2 Å². The van der Waals surface area contributed by atoms with Gasteiger partial charge in [-0.25, -0.2) is 9.59 Å². The molecule has 8 nitrogen and oxygen atoms in total. The van der Waals surface area contributed by atoms with E-state index in [0.717, 1.165) is 6.08 Å². The second kappa shape index (κ2) is 4.95. The van der Waals surface area contributed by atoms with E-state index >= 15 is 0 Å². The number of nitrogens with zero attached hydrogens (tertiary/aromatic N) is 1. The van der Waals surface area contributed by atoms with E-state index in [4.69, 9.17) is 5.73 Å². The predicted molar refractivity (Wildman–Crippen MR) is 42.1 cm³/mol. The molecule has 0 heterocycles. The molecule has 0 saturated heterocycles. The Morgan fingerprint density at radius 3 is 2.50 bits per heavy atom. The van der Waals surface area contributed by atoms with Crippen molar-refractivity contribution in [2.24, 2.45) is 10.8 Å². The van der Waals surface area contributed by atoms with Gasteiger partial charge in [0.1, 0.15) is 0 Å². The number of nitrogens with two attached hydrogens (primary N) is 1. The third kappa shape index (κ3) is 4.19. The van der Waals surface area contributed by atoms with Crippen molar-refractivity contribution in [2.45, 2.75) is 19.4 Å². The molecular formula is C6H9N3O5. The molecule has 0 radical (unpaired) electrons. The van der Waals surface area contributed by atoms with E-state index in [0.29, 0.717) is 0 Å². The molecule has 0 aromatic carbocycles. The Bertz CT molecular complexity index is 281. The summed E-state index contributed by atoms with van der Waals surface area (Å²) >= 11 is 0. The Balaban J connectivity index is 3.99. The Labute approximate surface area is 79.0 Å². The molecule has 0 aliphatic carbocycles. The van der Waals surface area contributed by atoms with Crippen LogP contribution in [0.2, 0.25) is 0 Å². The fraction of sp³-hybridized carbons (Fsp3) is 0.500. The number of nitrogens with one attached hydrogen (secondary N) is 1. The Morgan fingerprint density at radius 2 is 2.07 bits per heavy atom. The van der Waals surface area contributed by atoms with Crippen LogP contribution in [-0.4, -0.2) is 23.7 Å². The normalized spacial score (nSPS) is 9.86. The summed E-state index contributed by atoms with van der Waals surface area (Å²) in [5.41, 5.74) is 5.05. The number of carbonyl (C=O) groups is 2. The van der Waals surface area contributed by atoms with E-state index in [9.17, 15) is 14.4 Å². The third-order valence-electron chi connectivity index (χ3n) is 1.11. The average Bonchev–Trinajstić information content (AvgIpc) is 2.11. The summed E-state index contributed by atoms with van der Waals surface area (Å²) in [6, 6.07) is 0. The van der Waals surface area contributed by atoms with Crippen molar-refractivity contribution in [1.82, 2.24) is 5.43 Å². The number of amides is 2. The zero-order valence-corrected chi connectivity index (χ0v) is 7.57. The number of hydrogen-bond donors (Lipinski definition) is 2. The largest absolute Gasteiger partial charge is 0.459 e. The molecule has 0 fully saturated rings. The maximum atomic E-state index is 10.6. The van der Waals surface area contributed by atoms with Crippen molar-refractivity contribution in [2.75, 3.05) is 0 Å². The van der Waals surface area contributed by atoms with Gasteiger partial charge in [0.05, 0.1) is 0 Å². The van der Waals surface area contributed by atoms with Gasteiger partial charge in [0, 0.05) is 0 Å². The van der Waals surface area contributed by atoms with E-state index in [1.807, 2.05) is 0 Å². The second-order valence-corrected chi connectivity index (χ2v) is 2.64. The van der Waals surface area contributed by atoms with Crippen LogP contribution >= 0.6 is 0 Å². The molecule has 0 rings (SSSR count). The summed E-state index contributed by atoms with van der Waals surface area (Å²) in [5, 5.41) is 2.69. The zero-order valence-electron chi connectivity index (χ0n) is 7.57. The second-order valence-electron chi connectivity index (χ2n) is 2.64. The van der Waals surface area contributed by atoms with Gasteiger partial charge in [-0.15, -0.1) is 0 Å². The molecule has 0 bridgehead atoms. The lowest BCUT2D eigenvalue weighted by Crippen LogP contribution is -2.41.